The zero-order valence-electron chi connectivity index (χ0n) is 20.0. The van der Waals surface area contributed by atoms with Crippen LogP contribution in [0.5, 0.6) is 0 Å². The largest absolute Gasteiger partial charge is 0.392 e. The molecule has 5 rings (SSSR count). The summed E-state index contributed by atoms with van der Waals surface area (Å²) in [6.45, 7) is 2.63. The Bertz CT molecular complexity index is 972. The van der Waals surface area contributed by atoms with Crippen molar-refractivity contribution in [3.63, 3.8) is 0 Å². The highest BCUT2D eigenvalue weighted by Crippen LogP contribution is 2.47. The molecule has 0 radical (unpaired) electrons. The van der Waals surface area contributed by atoms with Gasteiger partial charge in [0.05, 0.1) is 30.1 Å². The van der Waals surface area contributed by atoms with Gasteiger partial charge in [-0.15, -0.1) is 5.10 Å². The maximum Gasteiger partial charge on any atom is 0.392 e. The van der Waals surface area contributed by atoms with Gasteiger partial charge in [-0.2, -0.15) is 18.2 Å². The topological polar surface area (TPSA) is 69.8 Å². The van der Waals surface area contributed by atoms with Crippen LogP contribution >= 0.6 is 0 Å². The number of aromatic nitrogens is 5. The predicted octanol–water partition coefficient (Wildman–Crippen LogP) is 4.93. The van der Waals surface area contributed by atoms with E-state index in [1.165, 1.54) is 0 Å². The second-order valence-electron chi connectivity index (χ2n) is 10.4. The Morgan fingerprint density at radius 1 is 1.12 bits per heavy atom. The smallest absolute Gasteiger partial charge is 0.379 e. The fraction of sp³-hybridized carbons (Fsp3) is 0.792. The molecule has 0 aromatic carbocycles. The SMILES string of the molecule is COC1CC(Nc2nc3n(n2)CCC(C2CCCCC2C(F)(F)F)C3)CCC1n1cnc(C)c1. The van der Waals surface area contributed by atoms with Crippen molar-refractivity contribution in [2.75, 3.05) is 12.4 Å². The molecule has 1 aliphatic heterocycles. The molecule has 0 spiro atoms. The highest BCUT2D eigenvalue weighted by atomic mass is 19.4. The van der Waals surface area contributed by atoms with Gasteiger partial charge in [0.15, 0.2) is 0 Å². The van der Waals surface area contributed by atoms with Gasteiger partial charge >= 0.3 is 6.18 Å². The highest BCUT2D eigenvalue weighted by Gasteiger charge is 2.48. The van der Waals surface area contributed by atoms with Gasteiger partial charge in [0.25, 0.3) is 0 Å². The van der Waals surface area contributed by atoms with E-state index >= 15 is 0 Å². The molecule has 10 heteroatoms. The summed E-state index contributed by atoms with van der Waals surface area (Å²) in [5, 5.41) is 8.12. The first-order valence-corrected chi connectivity index (χ1v) is 12.6. The summed E-state index contributed by atoms with van der Waals surface area (Å²) in [5.74, 6) is -0.0260. The van der Waals surface area contributed by atoms with Crippen LogP contribution in [-0.2, 0) is 17.7 Å². The molecule has 2 fully saturated rings. The molecular weight excluding hydrogens is 445 g/mol. The van der Waals surface area contributed by atoms with E-state index in [1.54, 1.807) is 7.11 Å². The highest BCUT2D eigenvalue weighted by molar-refractivity contribution is 5.26. The number of imidazole rings is 1. The lowest BCUT2D eigenvalue weighted by molar-refractivity contribution is -0.202. The number of anilines is 1. The molecule has 3 aliphatic rings. The number of nitrogens with one attached hydrogen (secondary N) is 1. The Balaban J connectivity index is 1.22. The second-order valence-corrected chi connectivity index (χ2v) is 10.4. The van der Waals surface area contributed by atoms with E-state index in [9.17, 15) is 13.2 Å². The van der Waals surface area contributed by atoms with E-state index in [0.717, 1.165) is 43.6 Å². The first kappa shape index (κ1) is 23.6. The van der Waals surface area contributed by atoms with Gasteiger partial charge in [-0.05, 0) is 57.3 Å². The zero-order valence-corrected chi connectivity index (χ0v) is 20.0. The first-order chi connectivity index (χ1) is 16.3. The Morgan fingerprint density at radius 2 is 1.94 bits per heavy atom. The van der Waals surface area contributed by atoms with Gasteiger partial charge in [0.2, 0.25) is 5.95 Å². The number of halogens is 3. The van der Waals surface area contributed by atoms with Crippen LogP contribution in [0.4, 0.5) is 19.1 Å². The number of methoxy groups -OCH3 is 1. The number of fused-ring (bicyclic) bond motifs is 1. The summed E-state index contributed by atoms with van der Waals surface area (Å²) in [6, 6.07) is 0.448. The Hall–Kier alpha value is -2.10. The molecule has 2 aromatic rings. The Labute approximate surface area is 198 Å². The zero-order chi connectivity index (χ0) is 23.9. The van der Waals surface area contributed by atoms with E-state index in [0.29, 0.717) is 31.8 Å². The molecule has 2 aliphatic carbocycles. The fourth-order valence-corrected chi connectivity index (χ4v) is 6.53. The summed E-state index contributed by atoms with van der Waals surface area (Å²) in [5.41, 5.74) is 0.996. The van der Waals surface area contributed by atoms with Gasteiger partial charge in [-0.3, -0.25) is 0 Å². The number of hydrogen-bond acceptors (Lipinski definition) is 5. The van der Waals surface area contributed by atoms with Gasteiger partial charge < -0.3 is 14.6 Å². The van der Waals surface area contributed by atoms with Crippen LogP contribution in [0.3, 0.4) is 0 Å². The Morgan fingerprint density at radius 3 is 2.68 bits per heavy atom. The normalized spacial score (nSPS) is 32.4. The minimum atomic E-state index is -4.10. The quantitative estimate of drug-likeness (QED) is 0.657. The third-order valence-corrected chi connectivity index (χ3v) is 8.26. The fourth-order valence-electron chi connectivity index (χ4n) is 6.53. The van der Waals surface area contributed by atoms with Gasteiger partial charge in [-0.1, -0.05) is 12.8 Å². The lowest BCUT2D eigenvalue weighted by Gasteiger charge is -2.39. The number of ether oxygens (including phenoxy) is 1. The molecule has 2 saturated carbocycles. The molecule has 34 heavy (non-hydrogen) atoms. The second kappa shape index (κ2) is 9.51. The van der Waals surface area contributed by atoms with Crippen molar-refractivity contribution >= 4 is 5.95 Å². The van der Waals surface area contributed by atoms with E-state index < -0.39 is 12.1 Å². The van der Waals surface area contributed by atoms with Crippen LogP contribution in [0, 0.1) is 24.7 Å². The number of nitrogens with zero attached hydrogens (tertiary/aromatic N) is 5. The van der Waals surface area contributed by atoms with E-state index in [2.05, 4.69) is 26.2 Å². The maximum atomic E-state index is 13.6. The summed E-state index contributed by atoms with van der Waals surface area (Å²) >= 11 is 0. The average molecular weight is 481 g/mol. The molecule has 0 amide bonds. The number of alkyl halides is 3. The number of rotatable bonds is 5. The average Bonchev–Trinajstić information content (AvgIpc) is 3.43. The molecule has 0 bridgehead atoms. The minimum Gasteiger partial charge on any atom is -0.379 e. The van der Waals surface area contributed by atoms with E-state index in [1.807, 2.05) is 17.9 Å². The molecule has 1 N–H and O–H groups in total. The molecule has 6 atom stereocenters. The van der Waals surface area contributed by atoms with Crippen LogP contribution < -0.4 is 5.32 Å². The lowest BCUT2D eigenvalue weighted by Crippen LogP contribution is -2.39. The predicted molar refractivity (Wildman–Crippen MR) is 121 cm³/mol. The summed E-state index contributed by atoms with van der Waals surface area (Å²) in [6.07, 6.45) is 6.50. The van der Waals surface area contributed by atoms with Gasteiger partial charge in [0, 0.05) is 32.3 Å². The molecule has 6 unspecified atom stereocenters. The van der Waals surface area contributed by atoms with Crippen LogP contribution in [0.25, 0.3) is 0 Å². The van der Waals surface area contributed by atoms with Crippen LogP contribution in [0.15, 0.2) is 12.5 Å². The molecule has 0 saturated heterocycles. The first-order valence-electron chi connectivity index (χ1n) is 12.6. The van der Waals surface area contributed by atoms with Crippen molar-refractivity contribution in [2.24, 2.45) is 17.8 Å². The van der Waals surface area contributed by atoms with Gasteiger partial charge in [-0.25, -0.2) is 9.67 Å². The number of hydrogen-bond donors (Lipinski definition) is 1. The maximum absolute atomic E-state index is 13.6. The van der Waals surface area contributed by atoms with Crippen molar-refractivity contribution in [3.05, 3.63) is 24.0 Å². The number of aryl methyl sites for hydroxylation is 2. The molecule has 2 aromatic heterocycles. The monoisotopic (exact) mass is 480 g/mol. The summed E-state index contributed by atoms with van der Waals surface area (Å²) < 4.78 is 50.8. The van der Waals surface area contributed by atoms with Gasteiger partial charge in [0.1, 0.15) is 5.82 Å². The molecular formula is C24H35F3N6O. The summed E-state index contributed by atoms with van der Waals surface area (Å²) in [4.78, 5) is 9.06. The Kier molecular flexibility index (Phi) is 6.61. The van der Waals surface area contributed by atoms with Crippen molar-refractivity contribution in [1.82, 2.24) is 24.3 Å². The lowest BCUT2D eigenvalue weighted by atomic mass is 9.69. The van der Waals surface area contributed by atoms with Crippen molar-refractivity contribution < 1.29 is 17.9 Å². The van der Waals surface area contributed by atoms with Crippen LogP contribution in [-0.4, -0.2) is 49.7 Å². The van der Waals surface area contributed by atoms with E-state index in [-0.39, 0.29) is 36.4 Å². The molecule has 3 heterocycles. The molecule has 188 valence electrons. The van der Waals surface area contributed by atoms with Crippen molar-refractivity contribution in [1.29, 1.82) is 0 Å². The summed E-state index contributed by atoms with van der Waals surface area (Å²) in [7, 11) is 1.75. The van der Waals surface area contributed by atoms with Crippen molar-refractivity contribution in [3.8, 4) is 0 Å². The molecule has 7 nitrogen and oxygen atoms in total. The van der Waals surface area contributed by atoms with Crippen molar-refractivity contribution in [2.45, 2.75) is 95.6 Å². The van der Waals surface area contributed by atoms with Crippen LogP contribution in [0.2, 0.25) is 0 Å². The van der Waals surface area contributed by atoms with E-state index in [4.69, 9.17) is 9.72 Å². The third kappa shape index (κ3) is 4.83. The standard InChI is InChI=1S/C24H35F3N6O/c1-15-13-32(14-28-15)20-8-7-17(12-21(20)34-2)29-23-30-22-11-16(9-10-33(22)31-23)18-5-3-4-6-19(18)24(25,26)27/h13-14,16-21H,3-12H2,1-2H3,(H,29,31). The third-order valence-electron chi connectivity index (χ3n) is 8.26. The van der Waals surface area contributed by atoms with Crippen LogP contribution in [0.1, 0.15) is 68.9 Å². The minimum absolute atomic E-state index is 0.0309.